The van der Waals surface area contributed by atoms with Crippen molar-refractivity contribution in [3.05, 3.63) is 12.1 Å². The molecule has 1 saturated carbocycles. The molecule has 1 amide bonds. The van der Waals surface area contributed by atoms with Crippen molar-refractivity contribution in [2.75, 3.05) is 29.1 Å². The van der Waals surface area contributed by atoms with Crippen LogP contribution >= 0.6 is 0 Å². The Morgan fingerprint density at radius 3 is 2.85 bits per heavy atom. The maximum Gasteiger partial charge on any atom is 0.262 e. The average molecular weight is 275 g/mol. The van der Waals surface area contributed by atoms with Gasteiger partial charge in [0.25, 0.3) is 5.91 Å². The quantitative estimate of drug-likeness (QED) is 0.831. The third-order valence-corrected chi connectivity index (χ3v) is 4.18. The van der Waals surface area contributed by atoms with Crippen LogP contribution in [0.15, 0.2) is 12.1 Å². The van der Waals surface area contributed by atoms with Crippen LogP contribution in [0.2, 0.25) is 0 Å². The summed E-state index contributed by atoms with van der Waals surface area (Å²) in [7, 11) is 0. The molecular weight excluding hydrogens is 254 g/mol. The summed E-state index contributed by atoms with van der Waals surface area (Å²) >= 11 is 0. The smallest absolute Gasteiger partial charge is 0.262 e. The van der Waals surface area contributed by atoms with Crippen LogP contribution in [-0.4, -0.2) is 25.1 Å². The summed E-state index contributed by atoms with van der Waals surface area (Å²) in [5.74, 6) is 0.547. The Labute approximate surface area is 119 Å². The zero-order valence-electron chi connectivity index (χ0n) is 11.8. The molecule has 1 aromatic carbocycles. The predicted molar refractivity (Wildman–Crippen MR) is 80.3 cm³/mol. The van der Waals surface area contributed by atoms with E-state index in [0.29, 0.717) is 17.5 Å². The third-order valence-electron chi connectivity index (χ3n) is 4.18. The molecule has 1 fully saturated rings. The SMILES string of the molecule is CCN(c1cc2c(cc1N)OCC(=O)N2)C1CCCC1. The minimum Gasteiger partial charge on any atom is -0.482 e. The number of benzene rings is 1. The Hall–Kier alpha value is -1.91. The maximum atomic E-state index is 11.4. The first-order chi connectivity index (χ1) is 9.69. The van der Waals surface area contributed by atoms with Crippen LogP contribution in [-0.2, 0) is 4.79 Å². The number of fused-ring (bicyclic) bond motifs is 1. The lowest BCUT2D eigenvalue weighted by atomic mass is 10.1. The first-order valence-corrected chi connectivity index (χ1v) is 7.32. The van der Waals surface area contributed by atoms with Gasteiger partial charge in [-0.05, 0) is 25.8 Å². The number of carbonyl (C=O) groups excluding carboxylic acids is 1. The number of carbonyl (C=O) groups is 1. The van der Waals surface area contributed by atoms with Gasteiger partial charge in [-0.2, -0.15) is 0 Å². The zero-order chi connectivity index (χ0) is 14.1. The van der Waals surface area contributed by atoms with Crippen molar-refractivity contribution >= 4 is 23.0 Å². The molecule has 0 unspecified atom stereocenters. The Bertz CT molecular complexity index is 524. The molecule has 108 valence electrons. The fraction of sp³-hybridized carbons (Fsp3) is 0.533. The summed E-state index contributed by atoms with van der Waals surface area (Å²) in [6, 6.07) is 4.33. The number of hydrogen-bond donors (Lipinski definition) is 2. The van der Waals surface area contributed by atoms with E-state index in [0.717, 1.165) is 17.9 Å². The van der Waals surface area contributed by atoms with E-state index in [1.807, 2.05) is 12.1 Å². The van der Waals surface area contributed by atoms with Gasteiger partial charge in [-0.3, -0.25) is 4.79 Å². The standard InChI is InChI=1S/C15H21N3O2/c1-2-18(10-5-3-4-6-10)13-8-12-14(7-11(13)16)20-9-15(19)17-12/h7-8,10H,2-6,9,16H2,1H3,(H,17,19). The fourth-order valence-corrected chi connectivity index (χ4v) is 3.22. The third kappa shape index (κ3) is 2.28. The van der Waals surface area contributed by atoms with E-state index in [-0.39, 0.29) is 12.5 Å². The lowest BCUT2D eigenvalue weighted by molar-refractivity contribution is -0.118. The highest BCUT2D eigenvalue weighted by molar-refractivity contribution is 5.97. The largest absolute Gasteiger partial charge is 0.482 e. The minimum absolute atomic E-state index is 0.0614. The average Bonchev–Trinajstić information content (AvgIpc) is 2.95. The molecular formula is C15H21N3O2. The van der Waals surface area contributed by atoms with E-state index >= 15 is 0 Å². The van der Waals surface area contributed by atoms with Gasteiger partial charge in [-0.25, -0.2) is 0 Å². The minimum atomic E-state index is -0.114. The van der Waals surface area contributed by atoms with Gasteiger partial charge in [0.2, 0.25) is 0 Å². The predicted octanol–water partition coefficient (Wildman–Crippen LogP) is 2.37. The van der Waals surface area contributed by atoms with Crippen molar-refractivity contribution in [1.82, 2.24) is 0 Å². The molecule has 1 aromatic rings. The van der Waals surface area contributed by atoms with Gasteiger partial charge < -0.3 is 20.7 Å². The molecule has 0 spiro atoms. The van der Waals surface area contributed by atoms with E-state index in [9.17, 15) is 4.79 Å². The van der Waals surface area contributed by atoms with Crippen molar-refractivity contribution in [3.8, 4) is 5.75 Å². The van der Waals surface area contributed by atoms with Gasteiger partial charge in [0.15, 0.2) is 6.61 Å². The number of nitrogens with zero attached hydrogens (tertiary/aromatic N) is 1. The molecule has 0 radical (unpaired) electrons. The van der Waals surface area contributed by atoms with Gasteiger partial charge in [0.1, 0.15) is 5.75 Å². The van der Waals surface area contributed by atoms with E-state index < -0.39 is 0 Å². The Morgan fingerprint density at radius 2 is 2.15 bits per heavy atom. The number of nitrogens with one attached hydrogen (secondary N) is 1. The molecule has 3 N–H and O–H groups in total. The van der Waals surface area contributed by atoms with Gasteiger partial charge in [0.05, 0.1) is 17.1 Å². The second-order valence-electron chi connectivity index (χ2n) is 5.47. The van der Waals surface area contributed by atoms with Crippen molar-refractivity contribution in [2.24, 2.45) is 0 Å². The van der Waals surface area contributed by atoms with Crippen molar-refractivity contribution in [3.63, 3.8) is 0 Å². The second-order valence-corrected chi connectivity index (χ2v) is 5.47. The lowest BCUT2D eigenvalue weighted by Gasteiger charge is -2.32. The number of anilines is 3. The summed E-state index contributed by atoms with van der Waals surface area (Å²) in [6.07, 6.45) is 5.00. The number of rotatable bonds is 3. The molecule has 5 heteroatoms. The Morgan fingerprint density at radius 1 is 1.40 bits per heavy atom. The van der Waals surface area contributed by atoms with Gasteiger partial charge in [0, 0.05) is 18.7 Å². The molecule has 20 heavy (non-hydrogen) atoms. The molecule has 2 aliphatic rings. The summed E-state index contributed by atoms with van der Waals surface area (Å²) in [5, 5.41) is 2.85. The topological polar surface area (TPSA) is 67.6 Å². The van der Waals surface area contributed by atoms with E-state index in [2.05, 4.69) is 17.1 Å². The molecule has 1 aliphatic carbocycles. The summed E-state index contributed by atoms with van der Waals surface area (Å²) in [5.41, 5.74) is 8.63. The van der Waals surface area contributed by atoms with Gasteiger partial charge in [-0.15, -0.1) is 0 Å². The second kappa shape index (κ2) is 5.23. The first kappa shape index (κ1) is 13.1. The Balaban J connectivity index is 1.95. The van der Waals surface area contributed by atoms with Crippen LogP contribution in [0.4, 0.5) is 17.1 Å². The van der Waals surface area contributed by atoms with Crippen molar-refractivity contribution < 1.29 is 9.53 Å². The molecule has 0 bridgehead atoms. The van der Waals surface area contributed by atoms with Crippen LogP contribution in [0.5, 0.6) is 5.75 Å². The maximum absolute atomic E-state index is 11.4. The Kier molecular flexibility index (Phi) is 3.42. The van der Waals surface area contributed by atoms with Crippen LogP contribution in [0.1, 0.15) is 32.6 Å². The molecule has 0 saturated heterocycles. The van der Waals surface area contributed by atoms with E-state index in [4.69, 9.17) is 10.5 Å². The molecule has 1 heterocycles. The van der Waals surface area contributed by atoms with E-state index in [1.165, 1.54) is 25.7 Å². The molecule has 0 atom stereocenters. The van der Waals surface area contributed by atoms with Crippen molar-refractivity contribution in [2.45, 2.75) is 38.6 Å². The van der Waals surface area contributed by atoms with Crippen LogP contribution in [0.25, 0.3) is 0 Å². The highest BCUT2D eigenvalue weighted by Gasteiger charge is 2.25. The number of nitrogens with two attached hydrogens (primary N) is 1. The highest BCUT2D eigenvalue weighted by atomic mass is 16.5. The molecule has 3 rings (SSSR count). The monoisotopic (exact) mass is 275 g/mol. The molecule has 5 nitrogen and oxygen atoms in total. The summed E-state index contributed by atoms with van der Waals surface area (Å²) in [6.45, 7) is 3.13. The molecule has 0 aromatic heterocycles. The van der Waals surface area contributed by atoms with Crippen LogP contribution < -0.4 is 20.7 Å². The zero-order valence-corrected chi connectivity index (χ0v) is 11.8. The van der Waals surface area contributed by atoms with Crippen LogP contribution in [0.3, 0.4) is 0 Å². The number of amides is 1. The summed E-state index contributed by atoms with van der Waals surface area (Å²) in [4.78, 5) is 13.8. The molecule has 1 aliphatic heterocycles. The summed E-state index contributed by atoms with van der Waals surface area (Å²) < 4.78 is 5.40. The van der Waals surface area contributed by atoms with Gasteiger partial charge in [-0.1, -0.05) is 12.8 Å². The normalized spacial score (nSPS) is 18.4. The fourth-order valence-electron chi connectivity index (χ4n) is 3.22. The van der Waals surface area contributed by atoms with Gasteiger partial charge >= 0.3 is 0 Å². The number of nitrogen functional groups attached to an aromatic ring is 1. The highest BCUT2D eigenvalue weighted by Crippen LogP contribution is 2.39. The number of hydrogen-bond acceptors (Lipinski definition) is 4. The lowest BCUT2D eigenvalue weighted by Crippen LogP contribution is -2.34. The van der Waals surface area contributed by atoms with Crippen molar-refractivity contribution in [1.29, 1.82) is 0 Å². The van der Waals surface area contributed by atoms with E-state index in [1.54, 1.807) is 0 Å². The van der Waals surface area contributed by atoms with Crippen LogP contribution in [0, 0.1) is 0 Å². The first-order valence-electron chi connectivity index (χ1n) is 7.32. The number of ether oxygens (including phenoxy) is 1.